The summed E-state index contributed by atoms with van der Waals surface area (Å²) in [5.41, 5.74) is -6.81. The van der Waals surface area contributed by atoms with E-state index >= 15 is 0 Å². The third-order valence-corrected chi connectivity index (χ3v) is 8.97. The molecule has 2 aliphatic carbocycles. The molecule has 2 spiro atoms. The molecule has 2 N–H and O–H groups in total. The van der Waals surface area contributed by atoms with Crippen LogP contribution in [0, 0.1) is 28.1 Å². The van der Waals surface area contributed by atoms with E-state index < -0.39 is 70.5 Å². The van der Waals surface area contributed by atoms with Crippen LogP contribution in [0.15, 0.2) is 0 Å². The lowest BCUT2D eigenvalue weighted by Crippen LogP contribution is -2.66. The first-order chi connectivity index (χ1) is 13.4. The van der Waals surface area contributed by atoms with Gasteiger partial charge >= 0.3 is 17.9 Å². The zero-order valence-corrected chi connectivity index (χ0v) is 16.6. The molecule has 0 unspecified atom stereocenters. The van der Waals surface area contributed by atoms with Crippen molar-refractivity contribution in [2.24, 2.45) is 28.1 Å². The zero-order chi connectivity index (χ0) is 20.9. The van der Waals surface area contributed by atoms with Crippen molar-refractivity contribution in [1.29, 1.82) is 0 Å². The molecule has 9 heteroatoms. The Bertz CT molecular complexity index is 893. The first-order valence-corrected chi connectivity index (χ1v) is 10.1. The van der Waals surface area contributed by atoms with Gasteiger partial charge in [-0.3, -0.25) is 4.79 Å². The quantitative estimate of drug-likeness (QED) is 0.408. The van der Waals surface area contributed by atoms with E-state index in [-0.39, 0.29) is 17.8 Å². The van der Waals surface area contributed by atoms with Gasteiger partial charge in [-0.2, -0.15) is 0 Å². The molecule has 0 radical (unpaired) electrons. The minimum atomic E-state index is -1.97. The largest absolute Gasteiger partial charge is 0.459 e. The molecule has 0 amide bonds. The summed E-state index contributed by atoms with van der Waals surface area (Å²) in [7, 11) is 0. The number of aliphatic hydroxyl groups excluding tert-OH is 1. The number of fused-ring (bicyclic) bond motifs is 1. The first kappa shape index (κ1) is 18.1. The summed E-state index contributed by atoms with van der Waals surface area (Å²) in [5, 5.41) is 23.0. The molecule has 0 bridgehead atoms. The number of carbonyl (C=O) groups is 3. The fraction of sp³-hybridized carbons (Fsp3) is 0.850. The molecule has 4 saturated heterocycles. The van der Waals surface area contributed by atoms with Crippen molar-refractivity contribution in [3.05, 3.63) is 0 Å². The van der Waals surface area contributed by atoms with E-state index in [2.05, 4.69) is 0 Å². The smallest absolute Gasteiger partial charge is 0.342 e. The number of hydrogen-bond donors (Lipinski definition) is 2. The molecule has 9 nitrogen and oxygen atoms in total. The Balaban J connectivity index is 1.68. The van der Waals surface area contributed by atoms with Crippen LogP contribution < -0.4 is 0 Å². The van der Waals surface area contributed by atoms with Crippen molar-refractivity contribution in [1.82, 2.24) is 0 Å². The van der Waals surface area contributed by atoms with Crippen LogP contribution in [0.2, 0.25) is 0 Å². The van der Waals surface area contributed by atoms with E-state index in [1.807, 2.05) is 20.8 Å². The van der Waals surface area contributed by atoms with Crippen LogP contribution in [0.4, 0.5) is 0 Å². The second-order valence-electron chi connectivity index (χ2n) is 10.6. The third-order valence-electron chi connectivity index (χ3n) is 8.97. The lowest BCUT2D eigenvalue weighted by atomic mass is 9.51. The Labute approximate surface area is 166 Å². The highest BCUT2D eigenvalue weighted by atomic mass is 16.8. The van der Waals surface area contributed by atoms with Gasteiger partial charge in [0.15, 0.2) is 11.7 Å². The van der Waals surface area contributed by atoms with E-state index in [4.69, 9.17) is 18.9 Å². The van der Waals surface area contributed by atoms with Gasteiger partial charge in [-0.25, -0.2) is 9.59 Å². The Morgan fingerprint density at radius 1 is 1.03 bits per heavy atom. The van der Waals surface area contributed by atoms with Gasteiger partial charge in [0.1, 0.15) is 12.2 Å². The summed E-state index contributed by atoms with van der Waals surface area (Å²) in [6.45, 7) is 7.47. The van der Waals surface area contributed by atoms with Gasteiger partial charge < -0.3 is 29.2 Å². The second kappa shape index (κ2) is 4.48. The summed E-state index contributed by atoms with van der Waals surface area (Å²) >= 11 is 0. The molecular formula is C20H24O9. The molecule has 158 valence electrons. The number of hydrogen-bond acceptors (Lipinski definition) is 9. The van der Waals surface area contributed by atoms with Gasteiger partial charge in [-0.1, -0.05) is 20.8 Å². The van der Waals surface area contributed by atoms with E-state index in [9.17, 15) is 24.6 Å². The topological polar surface area (TPSA) is 129 Å². The van der Waals surface area contributed by atoms with Crippen molar-refractivity contribution < 1.29 is 43.5 Å². The number of rotatable bonds is 0. The van der Waals surface area contributed by atoms with E-state index in [1.165, 1.54) is 6.92 Å². The highest BCUT2D eigenvalue weighted by Gasteiger charge is 3.01. The average Bonchev–Trinajstić information content (AvgIpc) is 3.31. The molecule has 6 aliphatic rings. The maximum atomic E-state index is 13.3. The van der Waals surface area contributed by atoms with Crippen LogP contribution in [0.25, 0.3) is 0 Å². The number of esters is 3. The van der Waals surface area contributed by atoms with Crippen LogP contribution in [-0.4, -0.2) is 63.9 Å². The summed E-state index contributed by atoms with van der Waals surface area (Å²) < 4.78 is 22.9. The molecule has 4 aliphatic heterocycles. The van der Waals surface area contributed by atoms with Crippen LogP contribution >= 0.6 is 0 Å². The van der Waals surface area contributed by atoms with Gasteiger partial charge in [0, 0.05) is 6.42 Å². The monoisotopic (exact) mass is 408 g/mol. The first-order valence-electron chi connectivity index (χ1n) is 10.1. The summed E-state index contributed by atoms with van der Waals surface area (Å²) in [6, 6.07) is 0. The average molecular weight is 408 g/mol. The fourth-order valence-corrected chi connectivity index (χ4v) is 8.06. The Kier molecular flexibility index (Phi) is 2.79. The van der Waals surface area contributed by atoms with Crippen LogP contribution in [0.3, 0.4) is 0 Å². The molecule has 6 rings (SSSR count). The van der Waals surface area contributed by atoms with Crippen LogP contribution in [-0.2, 0) is 33.3 Å². The molecule has 2 saturated carbocycles. The Morgan fingerprint density at radius 2 is 1.72 bits per heavy atom. The molecule has 0 aromatic heterocycles. The Morgan fingerprint density at radius 3 is 2.38 bits per heavy atom. The normalized spacial score (nSPS) is 59.2. The SMILES string of the molecule is C[C@H]1C(=O)O[C@H]2C[C@@]34[C@H]5C[C@H](C(C)(C)C)[C@]36[C@@H](OC(=O)[C@@H]6O)O[C@@]4(C(=O)O5)[C@]21O. The standard InChI is InChI=1S/C20H24O9/c1-7-12(22)26-10-6-17-9-5-8(16(2,3)4)18(17)11(21)13(23)28-15(18)29-20(17,14(24)27-9)19(7,10)25/h7-11,15,21,25H,5-6H2,1-4H3/t7-,8+,9+,10-,11-,15-,17+,18-,19+,20+/m0/s1. The molecule has 0 aromatic rings. The van der Waals surface area contributed by atoms with Crippen LogP contribution in [0.5, 0.6) is 0 Å². The number of carbonyl (C=O) groups excluding carboxylic acids is 3. The number of ether oxygens (including phenoxy) is 4. The highest BCUT2D eigenvalue weighted by molar-refractivity contribution is 5.93. The molecule has 6 fully saturated rings. The van der Waals surface area contributed by atoms with E-state index in [0.717, 1.165) is 0 Å². The molecule has 4 heterocycles. The zero-order valence-electron chi connectivity index (χ0n) is 16.6. The Hall–Kier alpha value is -1.71. The summed E-state index contributed by atoms with van der Waals surface area (Å²) in [5.74, 6) is -3.52. The van der Waals surface area contributed by atoms with Crippen LogP contribution in [0.1, 0.15) is 40.5 Å². The van der Waals surface area contributed by atoms with Crippen molar-refractivity contribution in [3.63, 3.8) is 0 Å². The van der Waals surface area contributed by atoms with Crippen molar-refractivity contribution in [2.45, 2.75) is 76.3 Å². The van der Waals surface area contributed by atoms with Crippen molar-refractivity contribution in [2.75, 3.05) is 0 Å². The third kappa shape index (κ3) is 1.35. The van der Waals surface area contributed by atoms with Gasteiger partial charge in [0.05, 0.1) is 16.7 Å². The minimum absolute atomic E-state index is 0.0623. The molecule has 0 aromatic carbocycles. The van der Waals surface area contributed by atoms with Gasteiger partial charge in [0.25, 0.3) is 0 Å². The molecule has 29 heavy (non-hydrogen) atoms. The lowest BCUT2D eigenvalue weighted by Gasteiger charge is -2.46. The predicted octanol–water partition coefficient (Wildman–Crippen LogP) is -0.340. The summed E-state index contributed by atoms with van der Waals surface area (Å²) in [6.07, 6.45) is -3.96. The maximum absolute atomic E-state index is 13.3. The fourth-order valence-electron chi connectivity index (χ4n) is 8.06. The van der Waals surface area contributed by atoms with E-state index in [0.29, 0.717) is 6.42 Å². The van der Waals surface area contributed by atoms with Crippen molar-refractivity contribution >= 4 is 17.9 Å². The summed E-state index contributed by atoms with van der Waals surface area (Å²) in [4.78, 5) is 38.1. The van der Waals surface area contributed by atoms with Crippen molar-refractivity contribution in [3.8, 4) is 0 Å². The number of aliphatic hydroxyl groups is 2. The molecule has 10 atom stereocenters. The predicted molar refractivity (Wildman–Crippen MR) is 90.6 cm³/mol. The van der Waals surface area contributed by atoms with Gasteiger partial charge in [0.2, 0.25) is 11.9 Å². The van der Waals surface area contributed by atoms with Gasteiger partial charge in [-0.05, 0) is 24.7 Å². The van der Waals surface area contributed by atoms with Gasteiger partial charge in [-0.15, -0.1) is 0 Å². The maximum Gasteiger partial charge on any atom is 0.342 e. The van der Waals surface area contributed by atoms with E-state index in [1.54, 1.807) is 0 Å². The minimum Gasteiger partial charge on any atom is -0.459 e. The lowest BCUT2D eigenvalue weighted by molar-refractivity contribution is -0.238. The molecular weight excluding hydrogens is 384 g/mol. The highest BCUT2D eigenvalue weighted by Crippen LogP contribution is 2.84. The second-order valence-corrected chi connectivity index (χ2v) is 10.6.